The average Bonchev–Trinajstić information content (AvgIpc) is 2.41. The van der Waals surface area contributed by atoms with Gasteiger partial charge in [0, 0.05) is 0 Å². The van der Waals surface area contributed by atoms with Gasteiger partial charge >= 0.3 is 5.97 Å². The fourth-order valence-corrected chi connectivity index (χ4v) is 3.41. The van der Waals surface area contributed by atoms with E-state index in [0.717, 1.165) is 5.56 Å². The van der Waals surface area contributed by atoms with Crippen LogP contribution in [-0.2, 0) is 4.74 Å². The van der Waals surface area contributed by atoms with E-state index in [2.05, 4.69) is 25.5 Å². The highest BCUT2D eigenvalue weighted by molar-refractivity contribution is 6.58. The van der Waals surface area contributed by atoms with Crippen molar-refractivity contribution < 1.29 is 9.53 Å². The molecule has 0 radical (unpaired) electrons. The maximum Gasteiger partial charge on any atom is 0.337 e. The predicted octanol–water partition coefficient (Wildman–Crippen LogP) is 4.32. The molecule has 0 saturated heterocycles. The summed E-state index contributed by atoms with van der Waals surface area (Å²) in [5.41, 5.74) is 1.73. The Morgan fingerprint density at radius 3 is 1.78 bits per heavy atom. The van der Waals surface area contributed by atoms with Crippen molar-refractivity contribution in [1.29, 1.82) is 0 Å². The van der Waals surface area contributed by atoms with Gasteiger partial charge in [-0.15, -0.1) is 0 Å². The summed E-state index contributed by atoms with van der Waals surface area (Å²) in [6, 6.07) is 7.26. The monoisotopic (exact) mass is 264 g/mol. The normalized spacial score (nSPS) is 9.17. The fourth-order valence-electron chi connectivity index (χ4n) is 1.67. The number of aryl methyl sites for hydroxylation is 1. The zero-order valence-corrected chi connectivity index (χ0v) is 13.5. The van der Waals surface area contributed by atoms with Gasteiger partial charge in [0.2, 0.25) is 0 Å². The van der Waals surface area contributed by atoms with Gasteiger partial charge in [-0.25, -0.2) is 4.79 Å². The Morgan fingerprint density at radius 1 is 1.06 bits per heavy atom. The van der Waals surface area contributed by atoms with Gasteiger partial charge in [0.15, 0.2) is 0 Å². The first-order valence-corrected chi connectivity index (χ1v) is 9.18. The summed E-state index contributed by atoms with van der Waals surface area (Å²) >= 11 is -0.171. The van der Waals surface area contributed by atoms with Crippen LogP contribution in [0.25, 0.3) is 0 Å². The van der Waals surface area contributed by atoms with Crippen LogP contribution in [0.3, 0.4) is 0 Å². The second-order valence-corrected chi connectivity index (χ2v) is 8.63. The molecule has 1 aromatic carbocycles. The largest absolute Gasteiger partial charge is 0.465 e. The molecule has 0 saturated carbocycles. The van der Waals surface area contributed by atoms with Gasteiger partial charge < -0.3 is 4.74 Å². The lowest BCUT2D eigenvalue weighted by atomic mass is 10.2. The van der Waals surface area contributed by atoms with E-state index in [1.165, 1.54) is 23.0 Å². The van der Waals surface area contributed by atoms with Crippen molar-refractivity contribution >= 4 is 20.1 Å². The minimum atomic E-state index is -0.287. The molecule has 0 aliphatic carbocycles. The number of esters is 1. The van der Waals surface area contributed by atoms with Gasteiger partial charge in [0.25, 0.3) is 14.1 Å². The summed E-state index contributed by atoms with van der Waals surface area (Å²) in [6.07, 6.45) is 0. The van der Waals surface area contributed by atoms with Gasteiger partial charge in [-0.3, -0.25) is 0 Å². The lowest BCUT2D eigenvalue weighted by Crippen LogP contribution is -2.04. The molecule has 1 aromatic rings. The topological polar surface area (TPSA) is 26.3 Å². The van der Waals surface area contributed by atoms with Crippen LogP contribution in [0.2, 0.25) is 15.8 Å². The minimum absolute atomic E-state index is 0.171. The summed E-state index contributed by atoms with van der Waals surface area (Å²) in [5, 5.41) is 4.48. The van der Waals surface area contributed by atoms with Gasteiger partial charge in [0.1, 0.15) is 0 Å². The van der Waals surface area contributed by atoms with Crippen molar-refractivity contribution in [2.75, 3.05) is 7.11 Å². The van der Waals surface area contributed by atoms with Gasteiger partial charge in [-0.2, -0.15) is 0 Å². The molecule has 100 valence electrons. The third-order valence-electron chi connectivity index (χ3n) is 3.20. The third kappa shape index (κ3) is 6.84. The molecule has 0 aromatic heterocycles. The van der Waals surface area contributed by atoms with Crippen LogP contribution in [0.4, 0.5) is 0 Å². The van der Waals surface area contributed by atoms with E-state index in [4.69, 9.17) is 0 Å². The third-order valence-corrected chi connectivity index (χ3v) is 6.67. The predicted molar refractivity (Wildman–Crippen MR) is 79.7 cm³/mol. The van der Waals surface area contributed by atoms with Crippen LogP contribution in [0.5, 0.6) is 0 Å². The van der Waals surface area contributed by atoms with E-state index in [1.807, 2.05) is 19.1 Å². The molecule has 0 unspecified atom stereocenters. The maximum atomic E-state index is 10.9. The van der Waals surface area contributed by atoms with E-state index in [-0.39, 0.29) is 20.1 Å². The van der Waals surface area contributed by atoms with Crippen molar-refractivity contribution in [3.63, 3.8) is 0 Å². The number of carbonyl (C=O) groups is 1. The summed E-state index contributed by atoms with van der Waals surface area (Å²) in [7, 11) is 1.38. The highest BCUT2D eigenvalue weighted by atomic mass is 27.2. The zero-order chi connectivity index (χ0) is 14.0. The van der Waals surface area contributed by atoms with Crippen molar-refractivity contribution in [3.05, 3.63) is 35.4 Å². The second kappa shape index (κ2) is 10.2. The number of carbonyl (C=O) groups excluding carboxylic acids is 1. The van der Waals surface area contributed by atoms with E-state index in [0.29, 0.717) is 5.56 Å². The van der Waals surface area contributed by atoms with E-state index in [1.54, 1.807) is 12.1 Å². The SMILES string of the molecule is COC(=O)c1ccc(C)cc1.C[CH2][Al]([CH2]C)[CH2]C. The average molecular weight is 264 g/mol. The first kappa shape index (κ1) is 17.2. The number of ether oxygens (including phenoxy) is 1. The molecule has 1 rings (SSSR count). The molecule has 0 aliphatic heterocycles. The Balaban J connectivity index is 0.000000360. The summed E-state index contributed by atoms with van der Waals surface area (Å²) in [4.78, 5) is 10.9. The summed E-state index contributed by atoms with van der Waals surface area (Å²) in [5.74, 6) is -0.287. The van der Waals surface area contributed by atoms with Crippen LogP contribution in [0.1, 0.15) is 36.7 Å². The lowest BCUT2D eigenvalue weighted by molar-refractivity contribution is 0.0601. The molecule has 0 bridgehead atoms. The summed E-state index contributed by atoms with van der Waals surface area (Å²) in [6.45, 7) is 8.94. The van der Waals surface area contributed by atoms with Crippen molar-refractivity contribution in [2.24, 2.45) is 0 Å². The quantitative estimate of drug-likeness (QED) is 0.598. The Bertz CT molecular complexity index is 323. The van der Waals surface area contributed by atoms with E-state index in [9.17, 15) is 4.79 Å². The Morgan fingerprint density at radius 2 is 1.50 bits per heavy atom. The number of methoxy groups -OCH3 is 1. The van der Waals surface area contributed by atoms with Crippen LogP contribution < -0.4 is 0 Å². The standard InChI is InChI=1S/C9H10O2.3C2H5.Al/c1-7-3-5-8(6-4-7)9(10)11-2;3*1-2;/h3-6H,1-2H3;3*1H2,2H3;. The Hall–Kier alpha value is -0.778. The van der Waals surface area contributed by atoms with Crippen LogP contribution in [0, 0.1) is 6.92 Å². The number of hydrogen-bond acceptors (Lipinski definition) is 2. The molecular formula is C15H25AlO2. The lowest BCUT2D eigenvalue weighted by Gasteiger charge is -1.97. The molecule has 2 nitrogen and oxygen atoms in total. The maximum absolute atomic E-state index is 10.9. The van der Waals surface area contributed by atoms with Gasteiger partial charge in [0.05, 0.1) is 12.7 Å². The molecule has 0 aliphatic rings. The summed E-state index contributed by atoms with van der Waals surface area (Å²) < 4.78 is 4.54. The first-order valence-electron chi connectivity index (χ1n) is 6.73. The number of hydrogen-bond donors (Lipinski definition) is 0. The van der Waals surface area contributed by atoms with Gasteiger partial charge in [-0.1, -0.05) is 54.3 Å². The molecule has 3 heteroatoms. The molecule has 0 amide bonds. The Labute approximate surface area is 116 Å². The van der Waals surface area contributed by atoms with Crippen molar-refractivity contribution in [1.82, 2.24) is 0 Å². The minimum Gasteiger partial charge on any atom is -0.465 e. The first-order chi connectivity index (χ1) is 8.58. The molecule has 0 heterocycles. The number of rotatable bonds is 4. The Kier molecular flexibility index (Phi) is 9.73. The molecule has 0 fully saturated rings. The highest BCUT2D eigenvalue weighted by Gasteiger charge is 2.05. The van der Waals surface area contributed by atoms with E-state index < -0.39 is 0 Å². The van der Waals surface area contributed by atoms with E-state index >= 15 is 0 Å². The molecule has 18 heavy (non-hydrogen) atoms. The fraction of sp³-hybridized carbons (Fsp3) is 0.533. The smallest absolute Gasteiger partial charge is 0.337 e. The zero-order valence-electron chi connectivity index (χ0n) is 12.3. The van der Waals surface area contributed by atoms with Gasteiger partial charge in [-0.05, 0) is 19.1 Å². The molecular weight excluding hydrogens is 239 g/mol. The van der Waals surface area contributed by atoms with Crippen molar-refractivity contribution in [2.45, 2.75) is 43.5 Å². The van der Waals surface area contributed by atoms with Crippen LogP contribution in [-0.4, -0.2) is 27.2 Å². The molecule has 0 atom stereocenters. The second-order valence-electron chi connectivity index (χ2n) is 4.45. The number of benzene rings is 1. The van der Waals surface area contributed by atoms with Crippen molar-refractivity contribution in [3.8, 4) is 0 Å². The van der Waals surface area contributed by atoms with Crippen LogP contribution in [0.15, 0.2) is 24.3 Å². The molecule has 0 spiro atoms. The van der Waals surface area contributed by atoms with Crippen LogP contribution >= 0.6 is 0 Å². The molecule has 0 N–H and O–H groups in total. The highest BCUT2D eigenvalue weighted by Crippen LogP contribution is 2.03.